The average Bonchev–Trinajstić information content (AvgIpc) is 2.61. The summed E-state index contributed by atoms with van der Waals surface area (Å²) < 4.78 is 10.6. The Morgan fingerprint density at radius 2 is 1.94 bits per heavy atom. The molecule has 0 radical (unpaired) electrons. The van der Waals surface area contributed by atoms with Crippen LogP contribution in [0, 0.1) is 0 Å². The van der Waals surface area contributed by atoms with Crippen molar-refractivity contribution < 1.29 is 14.3 Å². The van der Waals surface area contributed by atoms with Gasteiger partial charge < -0.3 is 14.8 Å². The van der Waals surface area contributed by atoms with E-state index in [9.17, 15) is 4.79 Å². The molecule has 2 atom stereocenters. The van der Waals surface area contributed by atoms with Gasteiger partial charge in [-0.05, 0) is 31.6 Å². The topological polar surface area (TPSA) is 47.6 Å². The van der Waals surface area contributed by atoms with E-state index in [-0.39, 0.29) is 5.17 Å². The molecule has 1 N–H and O–H groups in total. The van der Waals surface area contributed by atoms with Crippen molar-refractivity contribution in [3.63, 3.8) is 0 Å². The first-order chi connectivity index (χ1) is 8.44. The van der Waals surface area contributed by atoms with Crippen molar-refractivity contribution in [1.82, 2.24) is 5.32 Å². The number of benzene rings is 1. The van der Waals surface area contributed by atoms with Gasteiger partial charge in [0.1, 0.15) is 0 Å². The van der Waals surface area contributed by atoms with Crippen LogP contribution in [0.25, 0.3) is 0 Å². The lowest BCUT2D eigenvalue weighted by Gasteiger charge is -2.35. The minimum atomic E-state index is -1.04. The molecule has 1 saturated heterocycles. The summed E-state index contributed by atoms with van der Waals surface area (Å²) in [5, 5.41) is 3.11. The summed E-state index contributed by atoms with van der Waals surface area (Å²) in [6.45, 7) is 3.55. The first-order valence-electron chi connectivity index (χ1n) is 5.59. The first-order valence-corrected chi connectivity index (χ1v) is 6.00. The summed E-state index contributed by atoms with van der Waals surface area (Å²) in [5.74, 6) is -0.409. The van der Waals surface area contributed by atoms with Crippen molar-refractivity contribution in [2.75, 3.05) is 7.11 Å². The summed E-state index contributed by atoms with van der Waals surface area (Å²) >= 11 is 5.04. The fourth-order valence-corrected chi connectivity index (χ4v) is 2.56. The largest absolute Gasteiger partial charge is 0.467 e. The molecule has 2 rings (SSSR count). The number of hydrogen-bond donors (Lipinski definition) is 1. The molecule has 0 aliphatic carbocycles. The van der Waals surface area contributed by atoms with Gasteiger partial charge in [-0.3, -0.25) is 0 Å². The SMILES string of the molecule is COC(=O)[C@]1(C)NC(=S)O[C@]1(C)c1ccccc1. The van der Waals surface area contributed by atoms with E-state index in [1.54, 1.807) is 6.92 Å². The van der Waals surface area contributed by atoms with Gasteiger partial charge in [0.15, 0.2) is 11.1 Å². The average molecular weight is 265 g/mol. The predicted octanol–water partition coefficient (Wildman–Crippen LogP) is 1.74. The Hall–Kier alpha value is -1.62. The minimum Gasteiger partial charge on any atom is -0.467 e. The summed E-state index contributed by atoms with van der Waals surface area (Å²) in [4.78, 5) is 12.0. The molecule has 1 aromatic rings. The molecule has 96 valence electrons. The second-order valence-corrected chi connectivity index (χ2v) is 4.90. The molecule has 4 nitrogen and oxygen atoms in total. The molecule has 0 saturated carbocycles. The zero-order valence-electron chi connectivity index (χ0n) is 10.5. The second kappa shape index (κ2) is 4.24. The molecule has 1 aromatic carbocycles. The van der Waals surface area contributed by atoms with Crippen molar-refractivity contribution in [3.8, 4) is 0 Å². The predicted molar refractivity (Wildman–Crippen MR) is 71.0 cm³/mol. The van der Waals surface area contributed by atoms with E-state index < -0.39 is 17.1 Å². The number of rotatable bonds is 2. The number of methoxy groups -OCH3 is 1. The highest BCUT2D eigenvalue weighted by molar-refractivity contribution is 7.80. The molecule has 5 heteroatoms. The van der Waals surface area contributed by atoms with Crippen molar-refractivity contribution >= 4 is 23.4 Å². The Bertz CT molecular complexity index is 490. The van der Waals surface area contributed by atoms with Gasteiger partial charge in [-0.2, -0.15) is 0 Å². The van der Waals surface area contributed by atoms with Crippen molar-refractivity contribution in [1.29, 1.82) is 0 Å². The Labute approximate surface area is 111 Å². The molecule has 1 fully saturated rings. The van der Waals surface area contributed by atoms with E-state index in [1.165, 1.54) is 7.11 Å². The fraction of sp³-hybridized carbons (Fsp3) is 0.385. The van der Waals surface area contributed by atoms with E-state index in [4.69, 9.17) is 21.7 Å². The monoisotopic (exact) mass is 265 g/mol. The quantitative estimate of drug-likeness (QED) is 0.652. The molecule has 1 aliphatic heterocycles. The van der Waals surface area contributed by atoms with E-state index in [0.717, 1.165) is 5.56 Å². The molecule has 18 heavy (non-hydrogen) atoms. The van der Waals surface area contributed by atoms with Crippen LogP contribution in [0.1, 0.15) is 19.4 Å². The van der Waals surface area contributed by atoms with Gasteiger partial charge in [-0.1, -0.05) is 30.3 Å². The van der Waals surface area contributed by atoms with Crippen LogP contribution in [0.15, 0.2) is 30.3 Å². The Morgan fingerprint density at radius 3 is 2.50 bits per heavy atom. The highest BCUT2D eigenvalue weighted by atomic mass is 32.1. The maximum atomic E-state index is 12.0. The zero-order valence-corrected chi connectivity index (χ0v) is 11.3. The van der Waals surface area contributed by atoms with Gasteiger partial charge in [-0.15, -0.1) is 0 Å². The molecule has 1 aliphatic rings. The molecule has 0 aromatic heterocycles. The van der Waals surface area contributed by atoms with Gasteiger partial charge in [0.2, 0.25) is 0 Å². The maximum Gasteiger partial charge on any atom is 0.335 e. The van der Waals surface area contributed by atoms with Crippen LogP contribution < -0.4 is 5.32 Å². The number of nitrogens with one attached hydrogen (secondary N) is 1. The molecular formula is C13H15NO3S. The van der Waals surface area contributed by atoms with Crippen molar-refractivity contribution in [2.45, 2.75) is 25.0 Å². The van der Waals surface area contributed by atoms with E-state index in [0.29, 0.717) is 0 Å². The van der Waals surface area contributed by atoms with E-state index >= 15 is 0 Å². The third-order valence-corrected chi connectivity index (χ3v) is 3.71. The number of carbonyl (C=O) groups excluding carboxylic acids is 1. The molecule has 0 amide bonds. The van der Waals surface area contributed by atoms with Gasteiger partial charge in [0.05, 0.1) is 7.11 Å². The normalized spacial score (nSPS) is 30.5. The molecule has 0 unspecified atom stereocenters. The molecular weight excluding hydrogens is 250 g/mol. The second-order valence-electron chi connectivity index (χ2n) is 4.53. The summed E-state index contributed by atoms with van der Waals surface area (Å²) in [6.07, 6.45) is 0. The molecule has 0 bridgehead atoms. The fourth-order valence-electron chi connectivity index (χ4n) is 2.19. The summed E-state index contributed by atoms with van der Waals surface area (Å²) in [5.41, 5.74) is -1.07. The number of ether oxygens (including phenoxy) is 2. The van der Waals surface area contributed by atoms with Gasteiger partial charge in [-0.25, -0.2) is 4.79 Å². The number of carbonyl (C=O) groups is 1. The maximum absolute atomic E-state index is 12.0. The van der Waals surface area contributed by atoms with Crippen molar-refractivity contribution in [3.05, 3.63) is 35.9 Å². The van der Waals surface area contributed by atoms with E-state index in [2.05, 4.69) is 5.32 Å². The smallest absolute Gasteiger partial charge is 0.335 e. The third-order valence-electron chi connectivity index (χ3n) is 3.52. The zero-order chi connectivity index (χ0) is 13.4. The van der Waals surface area contributed by atoms with E-state index in [1.807, 2.05) is 37.3 Å². The van der Waals surface area contributed by atoms with Crippen LogP contribution in [-0.2, 0) is 19.9 Å². The Balaban J connectivity index is 2.53. The molecule has 0 spiro atoms. The van der Waals surface area contributed by atoms with Gasteiger partial charge in [0, 0.05) is 0 Å². The highest BCUT2D eigenvalue weighted by Crippen LogP contribution is 2.41. The lowest BCUT2D eigenvalue weighted by Crippen LogP contribution is -2.57. The van der Waals surface area contributed by atoms with Crippen LogP contribution in [0.2, 0.25) is 0 Å². The Morgan fingerprint density at radius 1 is 1.33 bits per heavy atom. The lowest BCUT2D eigenvalue weighted by molar-refractivity contribution is -0.153. The first kappa shape index (κ1) is 12.8. The third kappa shape index (κ3) is 1.66. The minimum absolute atomic E-state index is 0.203. The molecule has 1 heterocycles. The number of thiocarbonyl (C=S) groups is 1. The summed E-state index contributed by atoms with van der Waals surface area (Å²) in [6, 6.07) is 9.49. The summed E-state index contributed by atoms with van der Waals surface area (Å²) in [7, 11) is 1.35. The standard InChI is InChI=1S/C13H15NO3S/c1-12(10(15)16-3)13(2,17-11(18)14-12)9-7-5-4-6-8-9/h4-8H,1-3H3,(H,14,18)/t12-,13+/m0/s1. The van der Waals surface area contributed by atoms with Gasteiger partial charge >= 0.3 is 5.97 Å². The number of hydrogen-bond acceptors (Lipinski definition) is 4. The van der Waals surface area contributed by atoms with Crippen LogP contribution in [0.3, 0.4) is 0 Å². The number of esters is 1. The van der Waals surface area contributed by atoms with Gasteiger partial charge in [0.25, 0.3) is 5.17 Å². The van der Waals surface area contributed by atoms with Crippen molar-refractivity contribution in [2.24, 2.45) is 0 Å². The lowest BCUT2D eigenvalue weighted by atomic mass is 9.78. The highest BCUT2D eigenvalue weighted by Gasteiger charge is 2.60. The van der Waals surface area contributed by atoms with Crippen LogP contribution in [0.4, 0.5) is 0 Å². The van der Waals surface area contributed by atoms with Crippen LogP contribution >= 0.6 is 12.2 Å². The van der Waals surface area contributed by atoms with Crippen LogP contribution in [-0.4, -0.2) is 23.8 Å². The van der Waals surface area contributed by atoms with Crippen LogP contribution in [0.5, 0.6) is 0 Å². The Kier molecular flexibility index (Phi) is 3.02.